The molecule has 1 aromatic carbocycles. The molecule has 3 rings (SSSR count). The highest BCUT2D eigenvalue weighted by Crippen LogP contribution is 2.42. The normalized spacial score (nSPS) is 26.9. The lowest BCUT2D eigenvalue weighted by molar-refractivity contribution is 0.0950. The number of amides is 1. The summed E-state index contributed by atoms with van der Waals surface area (Å²) in [5.74, 6) is 1.64. The van der Waals surface area contributed by atoms with Gasteiger partial charge in [-0.25, -0.2) is 0 Å². The van der Waals surface area contributed by atoms with Gasteiger partial charge in [0.15, 0.2) is 0 Å². The molecule has 1 aromatic rings. The fourth-order valence-electron chi connectivity index (χ4n) is 3.19. The van der Waals surface area contributed by atoms with Crippen molar-refractivity contribution in [1.82, 2.24) is 10.6 Å². The van der Waals surface area contributed by atoms with Gasteiger partial charge in [0.1, 0.15) is 0 Å². The molecule has 1 saturated carbocycles. The molecule has 0 radical (unpaired) electrons. The number of fused-ring (bicyclic) bond motifs is 1. The van der Waals surface area contributed by atoms with Crippen molar-refractivity contribution in [3.05, 3.63) is 47.5 Å². The lowest BCUT2D eigenvalue weighted by Crippen LogP contribution is -2.49. The first-order chi connectivity index (χ1) is 9.74. The van der Waals surface area contributed by atoms with E-state index in [0.29, 0.717) is 12.6 Å². The number of aryl methyl sites for hydroxylation is 1. The zero-order valence-corrected chi connectivity index (χ0v) is 11.9. The average Bonchev–Trinajstić information content (AvgIpc) is 2.80. The Morgan fingerprint density at radius 3 is 2.80 bits per heavy atom. The summed E-state index contributed by atoms with van der Waals surface area (Å²) in [6.45, 7) is 3.55. The zero-order valence-electron chi connectivity index (χ0n) is 11.9. The number of carbonyl (C=O) groups excluding carboxylic acids is 1. The molecule has 3 unspecified atom stereocenters. The van der Waals surface area contributed by atoms with Gasteiger partial charge in [-0.3, -0.25) is 4.79 Å². The molecule has 2 aliphatic carbocycles. The molecule has 2 N–H and O–H groups in total. The van der Waals surface area contributed by atoms with Gasteiger partial charge in [-0.15, -0.1) is 0 Å². The van der Waals surface area contributed by atoms with Crippen LogP contribution >= 0.6 is 0 Å². The van der Waals surface area contributed by atoms with E-state index in [2.05, 4.69) is 22.8 Å². The van der Waals surface area contributed by atoms with Crippen molar-refractivity contribution in [2.75, 3.05) is 13.1 Å². The third kappa shape index (κ3) is 2.78. The van der Waals surface area contributed by atoms with Crippen LogP contribution in [0.5, 0.6) is 0 Å². The van der Waals surface area contributed by atoms with Gasteiger partial charge in [0.2, 0.25) is 0 Å². The number of rotatable bonds is 5. The van der Waals surface area contributed by atoms with Gasteiger partial charge in [0.25, 0.3) is 5.91 Å². The van der Waals surface area contributed by atoms with Crippen molar-refractivity contribution in [3.63, 3.8) is 0 Å². The topological polar surface area (TPSA) is 41.1 Å². The molecule has 0 aliphatic heterocycles. The lowest BCUT2D eigenvalue weighted by atomic mass is 9.71. The first kappa shape index (κ1) is 13.4. The quantitative estimate of drug-likeness (QED) is 0.636. The summed E-state index contributed by atoms with van der Waals surface area (Å²) in [5.41, 5.74) is 1.91. The van der Waals surface area contributed by atoms with E-state index in [-0.39, 0.29) is 5.91 Å². The SMILES string of the molecule is Cc1ccc(C(=O)NCCNC2CC3CC=CC32)cc1. The van der Waals surface area contributed by atoms with Crippen LogP contribution in [-0.2, 0) is 0 Å². The molecule has 3 nitrogen and oxygen atoms in total. The molecule has 1 fully saturated rings. The molecule has 20 heavy (non-hydrogen) atoms. The van der Waals surface area contributed by atoms with Crippen LogP contribution in [-0.4, -0.2) is 25.0 Å². The third-order valence-corrected chi connectivity index (χ3v) is 4.49. The van der Waals surface area contributed by atoms with Crippen molar-refractivity contribution in [3.8, 4) is 0 Å². The van der Waals surface area contributed by atoms with Gasteiger partial charge in [-0.05, 0) is 43.7 Å². The van der Waals surface area contributed by atoms with E-state index >= 15 is 0 Å². The maximum atomic E-state index is 11.9. The van der Waals surface area contributed by atoms with Crippen molar-refractivity contribution in [1.29, 1.82) is 0 Å². The largest absolute Gasteiger partial charge is 0.351 e. The van der Waals surface area contributed by atoms with E-state index in [0.717, 1.165) is 23.9 Å². The first-order valence-electron chi connectivity index (χ1n) is 7.49. The molecule has 0 aromatic heterocycles. The van der Waals surface area contributed by atoms with Crippen LogP contribution in [0.15, 0.2) is 36.4 Å². The molecule has 0 bridgehead atoms. The number of hydrogen-bond donors (Lipinski definition) is 2. The van der Waals surface area contributed by atoms with E-state index in [1.54, 1.807) is 0 Å². The molecule has 0 spiro atoms. The Balaban J connectivity index is 1.36. The first-order valence-corrected chi connectivity index (χ1v) is 7.49. The van der Waals surface area contributed by atoms with Gasteiger partial charge in [-0.2, -0.15) is 0 Å². The highest BCUT2D eigenvalue weighted by atomic mass is 16.1. The molecular formula is C17H22N2O. The minimum absolute atomic E-state index is 0.0130. The zero-order chi connectivity index (χ0) is 13.9. The van der Waals surface area contributed by atoms with Gasteiger partial charge >= 0.3 is 0 Å². The van der Waals surface area contributed by atoms with Crippen LogP contribution < -0.4 is 10.6 Å². The fraction of sp³-hybridized carbons (Fsp3) is 0.471. The highest BCUT2D eigenvalue weighted by Gasteiger charge is 2.40. The predicted molar refractivity (Wildman–Crippen MR) is 80.7 cm³/mol. The van der Waals surface area contributed by atoms with E-state index in [1.807, 2.05) is 31.2 Å². The van der Waals surface area contributed by atoms with Crippen LogP contribution in [0.4, 0.5) is 0 Å². The Morgan fingerprint density at radius 1 is 1.25 bits per heavy atom. The Morgan fingerprint density at radius 2 is 2.05 bits per heavy atom. The maximum Gasteiger partial charge on any atom is 0.251 e. The van der Waals surface area contributed by atoms with Crippen molar-refractivity contribution in [2.45, 2.75) is 25.8 Å². The third-order valence-electron chi connectivity index (χ3n) is 4.49. The van der Waals surface area contributed by atoms with Gasteiger partial charge in [0, 0.05) is 24.7 Å². The second-order valence-electron chi connectivity index (χ2n) is 5.92. The van der Waals surface area contributed by atoms with Crippen molar-refractivity contribution in [2.24, 2.45) is 11.8 Å². The van der Waals surface area contributed by atoms with Crippen LogP contribution in [0.2, 0.25) is 0 Å². The summed E-state index contributed by atoms with van der Waals surface area (Å²) in [7, 11) is 0. The van der Waals surface area contributed by atoms with E-state index in [1.165, 1.54) is 18.4 Å². The summed E-state index contributed by atoms with van der Waals surface area (Å²) in [6, 6.07) is 8.30. The standard InChI is InChI=1S/C17H22N2O/c1-12-5-7-13(8-6-12)17(20)19-10-9-18-16-11-14-3-2-4-15(14)16/h2,4-8,14-16,18H,3,9-11H2,1H3,(H,19,20). The highest BCUT2D eigenvalue weighted by molar-refractivity contribution is 5.94. The number of allylic oxidation sites excluding steroid dienone is 1. The second-order valence-corrected chi connectivity index (χ2v) is 5.92. The summed E-state index contributed by atoms with van der Waals surface area (Å²) >= 11 is 0. The Kier molecular flexibility index (Phi) is 3.88. The van der Waals surface area contributed by atoms with E-state index in [9.17, 15) is 4.79 Å². The lowest BCUT2D eigenvalue weighted by Gasteiger charge is -2.40. The Labute approximate surface area is 120 Å². The molecule has 2 aliphatic rings. The summed E-state index contributed by atoms with van der Waals surface area (Å²) < 4.78 is 0. The monoisotopic (exact) mass is 270 g/mol. The van der Waals surface area contributed by atoms with Crippen LogP contribution in [0.3, 0.4) is 0 Å². The number of nitrogens with one attached hydrogen (secondary N) is 2. The molecule has 0 heterocycles. The Bertz CT molecular complexity index is 506. The van der Waals surface area contributed by atoms with Crippen molar-refractivity contribution >= 4 is 5.91 Å². The number of benzene rings is 1. The fourth-order valence-corrected chi connectivity index (χ4v) is 3.19. The smallest absolute Gasteiger partial charge is 0.251 e. The molecule has 3 heteroatoms. The van der Waals surface area contributed by atoms with E-state index in [4.69, 9.17) is 0 Å². The summed E-state index contributed by atoms with van der Waals surface area (Å²) in [5, 5.41) is 6.50. The molecule has 0 saturated heterocycles. The Hall–Kier alpha value is -1.61. The molecule has 106 valence electrons. The second kappa shape index (κ2) is 5.80. The molecule has 1 amide bonds. The number of carbonyl (C=O) groups is 1. The predicted octanol–water partition coefficient (Wildman–Crippen LogP) is 2.28. The minimum atomic E-state index is 0.0130. The van der Waals surface area contributed by atoms with Crippen molar-refractivity contribution < 1.29 is 4.79 Å². The molecular weight excluding hydrogens is 248 g/mol. The maximum absolute atomic E-state index is 11.9. The van der Waals surface area contributed by atoms with Crippen LogP contribution in [0.1, 0.15) is 28.8 Å². The van der Waals surface area contributed by atoms with Gasteiger partial charge in [0.05, 0.1) is 0 Å². The van der Waals surface area contributed by atoms with Crippen LogP contribution in [0, 0.1) is 18.8 Å². The van der Waals surface area contributed by atoms with E-state index < -0.39 is 0 Å². The number of hydrogen-bond acceptors (Lipinski definition) is 2. The summed E-state index contributed by atoms with van der Waals surface area (Å²) in [6.07, 6.45) is 7.18. The van der Waals surface area contributed by atoms with Gasteiger partial charge in [-0.1, -0.05) is 29.8 Å². The summed E-state index contributed by atoms with van der Waals surface area (Å²) in [4.78, 5) is 11.9. The minimum Gasteiger partial charge on any atom is -0.351 e. The molecule has 3 atom stereocenters. The van der Waals surface area contributed by atoms with Crippen LogP contribution in [0.25, 0.3) is 0 Å². The van der Waals surface area contributed by atoms with Gasteiger partial charge < -0.3 is 10.6 Å². The average molecular weight is 270 g/mol.